The number of rotatable bonds is 16. The van der Waals surface area contributed by atoms with Gasteiger partial charge in [-0.3, -0.25) is 14.1 Å². The molecular weight excluding hydrogens is 514 g/mol. The van der Waals surface area contributed by atoms with Gasteiger partial charge in [-0.1, -0.05) is 66.2 Å². The molecule has 7 nitrogen and oxygen atoms in total. The van der Waals surface area contributed by atoms with Crippen LogP contribution in [0.15, 0.2) is 0 Å². The molecule has 0 heterocycles. The summed E-state index contributed by atoms with van der Waals surface area (Å²) in [5, 5.41) is -1.95. The van der Waals surface area contributed by atoms with Crippen molar-refractivity contribution < 1.29 is 32.0 Å². The van der Waals surface area contributed by atoms with Crippen LogP contribution in [0.25, 0.3) is 0 Å². The molecule has 0 aromatic rings. The van der Waals surface area contributed by atoms with Crippen molar-refractivity contribution in [1.29, 1.82) is 0 Å². The molecule has 31 heavy (non-hydrogen) atoms. The first kappa shape index (κ1) is 39.1. The second kappa shape index (κ2) is 22.6. The third-order valence-corrected chi connectivity index (χ3v) is 6.08. The van der Waals surface area contributed by atoms with Crippen molar-refractivity contribution in [3.8, 4) is 0 Å². The molecule has 0 saturated carbocycles. The Labute approximate surface area is 232 Å². The number of halogens is 1. The van der Waals surface area contributed by atoms with Gasteiger partial charge in [0.25, 0.3) is 10.1 Å². The van der Waals surface area contributed by atoms with E-state index in [1.165, 1.54) is 0 Å². The summed E-state index contributed by atoms with van der Waals surface area (Å²) in [5.41, 5.74) is 0. The molecule has 1 N–H and O–H groups in total. The third kappa shape index (κ3) is 18.9. The van der Waals surface area contributed by atoms with E-state index in [0.29, 0.717) is 0 Å². The zero-order valence-electron chi connectivity index (χ0n) is 18.2. The second-order valence-corrected chi connectivity index (χ2v) is 8.95. The van der Waals surface area contributed by atoms with Gasteiger partial charge >= 0.3 is 41.5 Å². The minimum atomic E-state index is -4.76. The van der Waals surface area contributed by atoms with E-state index in [1.54, 1.807) is 0 Å². The van der Waals surface area contributed by atoms with Crippen LogP contribution in [0.1, 0.15) is 85.5 Å². The van der Waals surface area contributed by atoms with Crippen LogP contribution in [0.5, 0.6) is 0 Å². The molecule has 3 unspecified atom stereocenters. The van der Waals surface area contributed by atoms with Crippen molar-refractivity contribution in [3.63, 3.8) is 0 Å². The Balaban J connectivity index is -0.00000121. The molecule has 0 aromatic heterocycles. The minimum absolute atomic E-state index is 0. The molecule has 0 saturated heterocycles. The molecule has 0 aliphatic carbocycles. The van der Waals surface area contributed by atoms with E-state index in [-0.39, 0.29) is 88.9 Å². The van der Waals surface area contributed by atoms with Gasteiger partial charge in [0, 0.05) is 0 Å². The summed E-state index contributed by atoms with van der Waals surface area (Å²) in [4.78, 5) is 24.2. The zero-order chi connectivity index (χ0) is 21.6. The van der Waals surface area contributed by atoms with Gasteiger partial charge < -0.3 is 9.47 Å². The molecule has 3 atom stereocenters. The van der Waals surface area contributed by atoms with E-state index >= 15 is 0 Å². The van der Waals surface area contributed by atoms with Gasteiger partial charge in [0.1, 0.15) is 0 Å². The van der Waals surface area contributed by atoms with Crippen LogP contribution in [-0.2, 0) is 29.2 Å². The van der Waals surface area contributed by atoms with Gasteiger partial charge in [-0.15, -0.1) is 17.0 Å². The number of esters is 2. The Morgan fingerprint density at radius 2 is 1.29 bits per heavy atom. The van der Waals surface area contributed by atoms with Crippen molar-refractivity contribution in [2.45, 2.75) is 90.7 Å². The summed E-state index contributed by atoms with van der Waals surface area (Å²) in [6.45, 7) is 8.35. The molecule has 182 valence electrons. The molecule has 0 fully saturated rings. The van der Waals surface area contributed by atoms with Gasteiger partial charge in [-0.2, -0.15) is 8.42 Å². The number of carbonyl (C=O) groups excluding carboxylic acids is 2. The number of hydrogen-bond donors (Lipinski definition) is 1. The quantitative estimate of drug-likeness (QED) is 0.177. The van der Waals surface area contributed by atoms with Gasteiger partial charge in [0.2, 0.25) is 0 Å². The van der Waals surface area contributed by atoms with Crippen molar-refractivity contribution in [3.05, 3.63) is 0 Å². The van der Waals surface area contributed by atoms with Crippen LogP contribution in [0, 0.1) is 11.8 Å². The van der Waals surface area contributed by atoms with Crippen LogP contribution < -0.4 is 0 Å². The van der Waals surface area contributed by atoms with Crippen LogP contribution >= 0.6 is 17.0 Å². The first-order chi connectivity index (χ1) is 13.2. The number of ether oxygens (including phenoxy) is 2. The molecule has 0 aliphatic heterocycles. The van der Waals surface area contributed by atoms with Crippen molar-refractivity contribution in [1.82, 2.24) is 0 Å². The summed E-state index contributed by atoms with van der Waals surface area (Å²) in [6.07, 6.45) is 6.74. The fourth-order valence-electron chi connectivity index (χ4n) is 2.82. The Kier molecular flexibility index (Phi) is 28.6. The van der Waals surface area contributed by atoms with Crippen LogP contribution in [-0.4, -0.2) is 90.3 Å². The first-order valence-electron chi connectivity index (χ1n) is 10.5. The maximum absolute atomic E-state index is 12.2. The van der Waals surface area contributed by atoms with E-state index in [4.69, 9.17) is 9.47 Å². The number of hydrogen-bond acceptors (Lipinski definition) is 6. The van der Waals surface area contributed by atoms with Gasteiger partial charge in [0.05, 0.1) is 19.6 Å². The molecule has 0 spiro atoms. The summed E-state index contributed by atoms with van der Waals surface area (Å²) in [5.74, 6) is -1.61. The Morgan fingerprint density at radius 1 is 0.871 bits per heavy atom. The van der Waals surface area contributed by atoms with Crippen LogP contribution in [0.4, 0.5) is 0 Å². The topological polar surface area (TPSA) is 107 Å². The van der Waals surface area contributed by atoms with Crippen molar-refractivity contribution in [2.75, 3.05) is 13.2 Å². The monoisotopic (exact) mass is 556 g/mol. The molecule has 0 radical (unpaired) electrons. The average molecular weight is 558 g/mol. The van der Waals surface area contributed by atoms with Crippen molar-refractivity contribution >= 4 is 86.0 Å². The Morgan fingerprint density at radius 3 is 1.65 bits per heavy atom. The summed E-state index contributed by atoms with van der Waals surface area (Å²) >= 11 is 0. The normalized spacial score (nSPS) is 13.5. The molecule has 0 rings (SSSR count). The summed E-state index contributed by atoms with van der Waals surface area (Å²) in [6, 6.07) is 0. The number of unbranched alkanes of at least 4 members (excludes halogenated alkanes) is 2. The molecule has 0 aliphatic rings. The summed E-state index contributed by atoms with van der Waals surface area (Å²) in [7, 11) is -4.76. The van der Waals surface area contributed by atoms with Gasteiger partial charge in [-0.25, -0.2) is 0 Å². The van der Waals surface area contributed by atoms with Gasteiger partial charge in [0.15, 0.2) is 22.6 Å². The molecule has 0 bridgehead atoms. The molecule has 0 amide bonds. The van der Waals surface area contributed by atoms with E-state index in [1.807, 2.05) is 13.8 Å². The second-order valence-electron chi connectivity index (χ2n) is 7.35. The van der Waals surface area contributed by atoms with Gasteiger partial charge in [-0.05, 0) is 24.7 Å². The van der Waals surface area contributed by atoms with E-state index in [0.717, 1.165) is 51.4 Å². The van der Waals surface area contributed by atoms with E-state index in [9.17, 15) is 22.6 Å². The molecule has 0 aromatic carbocycles. The average Bonchev–Trinajstić information content (AvgIpc) is 2.65. The summed E-state index contributed by atoms with van der Waals surface area (Å²) < 4.78 is 42.8. The van der Waals surface area contributed by atoms with Crippen molar-refractivity contribution in [2.24, 2.45) is 11.8 Å². The SMILES string of the molecule is Br.CCCCC(CC)COC(=O)CC(C(=O)OCC(CC)CCCC)S(=O)(=O)O.[AlH3].[NaH]. The van der Waals surface area contributed by atoms with Crippen LogP contribution in [0.3, 0.4) is 0 Å². The predicted molar refractivity (Wildman–Crippen MR) is 136 cm³/mol. The molecular formula is C20H43AlBrNaO7S. The first-order valence-corrected chi connectivity index (χ1v) is 12.0. The third-order valence-electron chi connectivity index (χ3n) is 5.00. The Hall–Kier alpha value is 0.862. The van der Waals surface area contributed by atoms with Crippen LogP contribution in [0.2, 0.25) is 0 Å². The maximum atomic E-state index is 12.2. The zero-order valence-corrected chi connectivity index (χ0v) is 20.8. The number of carbonyl (C=O) groups is 2. The predicted octanol–water partition coefficient (Wildman–Crippen LogP) is 2.90. The Bertz CT molecular complexity index is 564. The fraction of sp³-hybridized carbons (Fsp3) is 0.900. The van der Waals surface area contributed by atoms with E-state index < -0.39 is 33.7 Å². The fourth-order valence-corrected chi connectivity index (χ4v) is 3.48. The molecule has 11 heteroatoms. The standard InChI is InChI=1S/C20H38O7S.Al.BrH.Na.4H/c1-5-9-11-16(7-3)14-26-19(21)13-18(28(23,24)25)20(22)27-15-17(8-4)12-10-6-2;;;;;;;/h16-18H,5-15H2,1-4H3,(H,23,24,25);;1H;;;;;. The van der Waals surface area contributed by atoms with E-state index in [2.05, 4.69) is 13.8 Å².